The first-order valence-corrected chi connectivity index (χ1v) is 7.08. The minimum atomic E-state index is -0.221. The molecular weight excluding hydrogens is 371 g/mol. The van der Waals surface area contributed by atoms with Gasteiger partial charge < -0.3 is 5.32 Å². The molecule has 2 aromatic rings. The molecule has 3 nitrogen and oxygen atoms in total. The lowest BCUT2D eigenvalue weighted by Crippen LogP contribution is -2.11. The molecule has 0 aliphatic rings. The van der Waals surface area contributed by atoms with Crippen molar-refractivity contribution in [3.8, 4) is 0 Å². The van der Waals surface area contributed by atoms with Crippen molar-refractivity contribution in [1.29, 1.82) is 0 Å². The van der Waals surface area contributed by atoms with Crippen molar-refractivity contribution in [2.75, 3.05) is 5.32 Å². The van der Waals surface area contributed by atoms with E-state index in [9.17, 15) is 4.79 Å². The van der Waals surface area contributed by atoms with Gasteiger partial charge in [-0.2, -0.15) is 0 Å². The van der Waals surface area contributed by atoms with E-state index in [0.717, 1.165) is 9.13 Å². The predicted molar refractivity (Wildman–Crippen MR) is 79.0 cm³/mol. The third-order valence-corrected chi connectivity index (χ3v) is 4.41. The van der Waals surface area contributed by atoms with Gasteiger partial charge in [0.2, 0.25) is 0 Å². The lowest BCUT2D eigenvalue weighted by molar-refractivity contribution is 0.103. The maximum Gasteiger partial charge on any atom is 0.268 e. The Hall–Kier alpha value is -0.660. The number of halogens is 2. The van der Waals surface area contributed by atoms with Crippen LogP contribution in [0.1, 0.15) is 15.2 Å². The molecule has 2 rings (SSSR count). The van der Waals surface area contributed by atoms with Crippen LogP contribution in [-0.4, -0.2) is 10.9 Å². The van der Waals surface area contributed by atoms with Crippen LogP contribution in [0.5, 0.6) is 0 Å². The van der Waals surface area contributed by atoms with Crippen molar-refractivity contribution in [3.63, 3.8) is 0 Å². The van der Waals surface area contributed by atoms with E-state index in [-0.39, 0.29) is 5.91 Å². The number of aromatic nitrogens is 1. The Morgan fingerprint density at radius 3 is 2.82 bits per heavy atom. The average molecular weight is 379 g/mol. The fourth-order valence-corrected chi connectivity index (χ4v) is 2.70. The van der Waals surface area contributed by atoms with E-state index in [1.54, 1.807) is 12.3 Å². The van der Waals surface area contributed by atoms with E-state index in [0.29, 0.717) is 15.7 Å². The normalized spacial score (nSPS) is 10.3. The van der Waals surface area contributed by atoms with Gasteiger partial charge in [0.1, 0.15) is 10.7 Å². The summed E-state index contributed by atoms with van der Waals surface area (Å²) in [6.07, 6.45) is 1.69. The number of nitrogens with zero attached hydrogens (tertiary/aromatic N) is 1. The summed E-state index contributed by atoms with van der Waals surface area (Å²) in [5.74, 6) is 0.305. The highest BCUT2D eigenvalue weighted by Gasteiger charge is 2.14. The van der Waals surface area contributed by atoms with Gasteiger partial charge in [0.15, 0.2) is 0 Å². The summed E-state index contributed by atoms with van der Waals surface area (Å²) < 4.78 is 1.02. The Labute approximate surface area is 121 Å². The van der Waals surface area contributed by atoms with Gasteiger partial charge in [-0.25, -0.2) is 4.98 Å². The molecule has 0 saturated carbocycles. The van der Waals surface area contributed by atoms with Gasteiger partial charge in [-0.05, 0) is 52.6 Å². The number of carbonyl (C=O) groups excluding carboxylic acids is 1. The van der Waals surface area contributed by atoms with Crippen molar-refractivity contribution in [1.82, 2.24) is 4.98 Å². The Kier molecular flexibility index (Phi) is 4.01. The summed E-state index contributed by atoms with van der Waals surface area (Å²) in [7, 11) is 0. The highest BCUT2D eigenvalue weighted by atomic mass is 127. The SMILES string of the molecule is Cc1csc(C(=O)Nc2ccc(I)cn2)c1Cl. The average Bonchev–Trinajstić information content (AvgIpc) is 2.63. The van der Waals surface area contributed by atoms with Gasteiger partial charge in [0.05, 0.1) is 5.02 Å². The molecule has 1 N–H and O–H groups in total. The molecule has 0 aromatic carbocycles. The largest absolute Gasteiger partial charge is 0.306 e. The minimum Gasteiger partial charge on any atom is -0.306 e. The maximum absolute atomic E-state index is 11.9. The Bertz CT molecular complexity index is 553. The number of pyridine rings is 1. The zero-order valence-corrected chi connectivity index (χ0v) is 12.6. The quantitative estimate of drug-likeness (QED) is 0.804. The first-order chi connectivity index (χ1) is 8.08. The molecule has 0 aliphatic carbocycles. The number of thiophene rings is 1. The van der Waals surface area contributed by atoms with Crippen molar-refractivity contribution < 1.29 is 4.79 Å². The number of carbonyl (C=O) groups is 1. The Morgan fingerprint density at radius 2 is 2.29 bits per heavy atom. The molecular formula is C11H8ClIN2OS. The van der Waals surface area contributed by atoms with Gasteiger partial charge in [-0.15, -0.1) is 11.3 Å². The van der Waals surface area contributed by atoms with E-state index in [4.69, 9.17) is 11.6 Å². The lowest BCUT2D eigenvalue weighted by Gasteiger charge is -2.03. The topological polar surface area (TPSA) is 42.0 Å². The van der Waals surface area contributed by atoms with E-state index in [1.165, 1.54) is 11.3 Å². The van der Waals surface area contributed by atoms with Gasteiger partial charge in [0.25, 0.3) is 5.91 Å². The van der Waals surface area contributed by atoms with Gasteiger partial charge in [0, 0.05) is 9.77 Å². The lowest BCUT2D eigenvalue weighted by atomic mass is 10.3. The van der Waals surface area contributed by atoms with Crippen LogP contribution < -0.4 is 5.32 Å². The molecule has 0 bridgehead atoms. The summed E-state index contributed by atoms with van der Waals surface area (Å²) in [5.41, 5.74) is 0.914. The first kappa shape index (κ1) is 12.8. The van der Waals surface area contributed by atoms with Crippen LogP contribution in [0.2, 0.25) is 5.02 Å². The highest BCUT2D eigenvalue weighted by Crippen LogP contribution is 2.27. The standard InChI is InChI=1S/C11H8ClIN2OS/c1-6-5-17-10(9(6)12)11(16)15-8-3-2-7(13)4-14-8/h2-5H,1H3,(H,14,15,16). The highest BCUT2D eigenvalue weighted by molar-refractivity contribution is 14.1. The van der Waals surface area contributed by atoms with Crippen LogP contribution in [0.25, 0.3) is 0 Å². The fourth-order valence-electron chi connectivity index (χ4n) is 1.21. The molecule has 6 heteroatoms. The summed E-state index contributed by atoms with van der Waals surface area (Å²) >= 11 is 9.51. The summed E-state index contributed by atoms with van der Waals surface area (Å²) in [5, 5.41) is 5.08. The van der Waals surface area contributed by atoms with Gasteiger partial charge >= 0.3 is 0 Å². The second-order valence-electron chi connectivity index (χ2n) is 3.38. The molecule has 0 fully saturated rings. The molecule has 0 unspecified atom stereocenters. The fraction of sp³-hybridized carbons (Fsp3) is 0.0909. The molecule has 88 valence electrons. The summed E-state index contributed by atoms with van der Waals surface area (Å²) in [4.78, 5) is 16.5. The van der Waals surface area contributed by atoms with Crippen molar-refractivity contribution in [3.05, 3.63) is 42.7 Å². The van der Waals surface area contributed by atoms with Crippen LogP contribution in [-0.2, 0) is 0 Å². The molecule has 0 aliphatic heterocycles. The zero-order chi connectivity index (χ0) is 12.4. The summed E-state index contributed by atoms with van der Waals surface area (Å²) in [6.45, 7) is 1.87. The number of rotatable bonds is 2. The number of hydrogen-bond donors (Lipinski definition) is 1. The minimum absolute atomic E-state index is 0.221. The Balaban J connectivity index is 2.17. The number of amides is 1. The monoisotopic (exact) mass is 378 g/mol. The van der Waals surface area contributed by atoms with E-state index < -0.39 is 0 Å². The van der Waals surface area contributed by atoms with Crippen molar-refractivity contribution in [2.45, 2.75) is 6.92 Å². The van der Waals surface area contributed by atoms with Crippen LogP contribution in [0.15, 0.2) is 23.7 Å². The predicted octanol–water partition coefficient (Wildman–Crippen LogP) is 3.96. The molecule has 17 heavy (non-hydrogen) atoms. The zero-order valence-electron chi connectivity index (χ0n) is 8.83. The number of hydrogen-bond acceptors (Lipinski definition) is 3. The second kappa shape index (κ2) is 5.32. The molecule has 2 aromatic heterocycles. The molecule has 2 heterocycles. The van der Waals surface area contributed by atoms with Crippen LogP contribution in [0.3, 0.4) is 0 Å². The summed E-state index contributed by atoms with van der Waals surface area (Å²) in [6, 6.07) is 3.64. The third kappa shape index (κ3) is 2.97. The molecule has 0 atom stereocenters. The third-order valence-electron chi connectivity index (χ3n) is 2.07. The van der Waals surface area contributed by atoms with E-state index in [1.807, 2.05) is 18.4 Å². The van der Waals surface area contributed by atoms with Gasteiger partial charge in [-0.1, -0.05) is 11.6 Å². The van der Waals surface area contributed by atoms with E-state index >= 15 is 0 Å². The molecule has 0 radical (unpaired) electrons. The maximum atomic E-state index is 11.9. The van der Waals surface area contributed by atoms with Crippen LogP contribution >= 0.6 is 45.5 Å². The first-order valence-electron chi connectivity index (χ1n) is 4.74. The molecule has 0 spiro atoms. The van der Waals surface area contributed by atoms with Crippen LogP contribution in [0.4, 0.5) is 5.82 Å². The smallest absolute Gasteiger partial charge is 0.268 e. The van der Waals surface area contributed by atoms with E-state index in [2.05, 4.69) is 32.9 Å². The number of nitrogens with one attached hydrogen (secondary N) is 1. The second-order valence-corrected chi connectivity index (χ2v) is 5.88. The van der Waals surface area contributed by atoms with Crippen molar-refractivity contribution in [2.24, 2.45) is 0 Å². The number of aryl methyl sites for hydroxylation is 1. The van der Waals surface area contributed by atoms with Crippen molar-refractivity contribution >= 4 is 57.3 Å². The Morgan fingerprint density at radius 1 is 1.53 bits per heavy atom. The van der Waals surface area contributed by atoms with Gasteiger partial charge in [-0.3, -0.25) is 4.79 Å². The molecule has 0 saturated heterocycles. The van der Waals surface area contributed by atoms with Crippen LogP contribution in [0, 0.1) is 10.5 Å². The number of anilines is 1. The molecule has 1 amide bonds.